The van der Waals surface area contributed by atoms with Crippen LogP contribution in [0.5, 0.6) is 0 Å². The lowest BCUT2D eigenvalue weighted by Crippen LogP contribution is -2.43. The van der Waals surface area contributed by atoms with Gasteiger partial charge in [-0.15, -0.1) is 0 Å². The van der Waals surface area contributed by atoms with Gasteiger partial charge in [0.25, 0.3) is 0 Å². The lowest BCUT2D eigenvalue weighted by molar-refractivity contribution is 0.462. The molecular formula is C14H21NO2S. The summed E-state index contributed by atoms with van der Waals surface area (Å²) in [6.45, 7) is 8.11. The van der Waals surface area contributed by atoms with Crippen molar-refractivity contribution in [1.29, 1.82) is 0 Å². The predicted molar refractivity (Wildman–Crippen MR) is 75.5 cm³/mol. The number of hydrogen-bond donors (Lipinski definition) is 0. The third kappa shape index (κ3) is 1.83. The van der Waals surface area contributed by atoms with Gasteiger partial charge < -0.3 is 0 Å². The summed E-state index contributed by atoms with van der Waals surface area (Å²) in [5.74, 6) is 0.210. The largest absolute Gasteiger partial charge is 0.266 e. The highest BCUT2D eigenvalue weighted by Crippen LogP contribution is 2.46. The minimum atomic E-state index is -3.21. The standard InChI is InChI=1S/C14H21NO2S/c1-5-10-18(16,17)15-11(2)14(3,4)12-8-6-7-9-13(12)15/h6-9,11H,5,10H2,1-4H3. The molecule has 0 fully saturated rings. The van der Waals surface area contributed by atoms with Crippen molar-refractivity contribution in [1.82, 2.24) is 0 Å². The van der Waals surface area contributed by atoms with E-state index in [-0.39, 0.29) is 17.2 Å². The van der Waals surface area contributed by atoms with E-state index in [2.05, 4.69) is 13.8 Å². The second-order valence-electron chi connectivity index (χ2n) is 5.53. The van der Waals surface area contributed by atoms with Crippen molar-refractivity contribution in [3.63, 3.8) is 0 Å². The van der Waals surface area contributed by atoms with Crippen molar-refractivity contribution in [2.45, 2.75) is 45.6 Å². The molecule has 18 heavy (non-hydrogen) atoms. The Morgan fingerprint density at radius 3 is 2.50 bits per heavy atom. The van der Waals surface area contributed by atoms with Crippen LogP contribution in [0.15, 0.2) is 24.3 Å². The summed E-state index contributed by atoms with van der Waals surface area (Å²) in [5.41, 5.74) is 1.83. The first-order valence-corrected chi connectivity index (χ1v) is 8.05. The van der Waals surface area contributed by atoms with E-state index in [1.807, 2.05) is 38.1 Å². The zero-order valence-electron chi connectivity index (χ0n) is 11.5. The minimum Gasteiger partial charge on any atom is -0.266 e. The minimum absolute atomic E-state index is 0.0357. The molecule has 0 bridgehead atoms. The molecule has 0 aromatic heterocycles. The highest BCUT2D eigenvalue weighted by Gasteiger charge is 2.46. The van der Waals surface area contributed by atoms with E-state index in [9.17, 15) is 8.42 Å². The van der Waals surface area contributed by atoms with Gasteiger partial charge in [0, 0.05) is 5.41 Å². The normalized spacial score (nSPS) is 22.0. The molecular weight excluding hydrogens is 246 g/mol. The summed E-state index contributed by atoms with van der Waals surface area (Å²) < 4.78 is 26.5. The van der Waals surface area contributed by atoms with E-state index in [1.54, 1.807) is 4.31 Å². The van der Waals surface area contributed by atoms with Gasteiger partial charge in [-0.25, -0.2) is 8.42 Å². The molecule has 0 spiro atoms. The average Bonchev–Trinajstić information content (AvgIpc) is 2.48. The first-order valence-electron chi connectivity index (χ1n) is 6.44. The Morgan fingerprint density at radius 2 is 1.89 bits per heavy atom. The zero-order chi connectivity index (χ0) is 13.6. The number of benzene rings is 1. The smallest absolute Gasteiger partial charge is 0.235 e. The quantitative estimate of drug-likeness (QED) is 0.844. The fraction of sp³-hybridized carbons (Fsp3) is 0.571. The Morgan fingerprint density at radius 1 is 1.28 bits per heavy atom. The van der Waals surface area contributed by atoms with Crippen molar-refractivity contribution in [3.05, 3.63) is 29.8 Å². The molecule has 1 aromatic rings. The van der Waals surface area contributed by atoms with Gasteiger partial charge in [0.15, 0.2) is 0 Å². The summed E-state index contributed by atoms with van der Waals surface area (Å²) in [4.78, 5) is 0. The fourth-order valence-corrected chi connectivity index (χ4v) is 4.60. The average molecular weight is 267 g/mol. The van der Waals surface area contributed by atoms with E-state index in [0.717, 1.165) is 11.3 Å². The van der Waals surface area contributed by atoms with E-state index in [1.165, 1.54) is 0 Å². The monoisotopic (exact) mass is 267 g/mol. The van der Waals surface area contributed by atoms with Gasteiger partial charge in [-0.2, -0.15) is 0 Å². The summed E-state index contributed by atoms with van der Waals surface area (Å²) in [6.07, 6.45) is 0.647. The van der Waals surface area contributed by atoms with Gasteiger partial charge in [-0.05, 0) is 25.0 Å². The Bertz CT molecular complexity index is 549. The topological polar surface area (TPSA) is 37.4 Å². The zero-order valence-corrected chi connectivity index (χ0v) is 12.3. The summed E-state index contributed by atoms with van der Waals surface area (Å²) in [6, 6.07) is 7.79. The van der Waals surface area contributed by atoms with Crippen LogP contribution in [0, 0.1) is 0 Å². The molecule has 0 amide bonds. The van der Waals surface area contributed by atoms with Gasteiger partial charge in [-0.1, -0.05) is 39.0 Å². The van der Waals surface area contributed by atoms with E-state index in [0.29, 0.717) is 6.42 Å². The molecule has 1 heterocycles. The van der Waals surface area contributed by atoms with Crippen LogP contribution in [-0.4, -0.2) is 20.2 Å². The Kier molecular flexibility index (Phi) is 3.18. The lowest BCUT2D eigenvalue weighted by atomic mass is 9.81. The van der Waals surface area contributed by atoms with Crippen LogP contribution in [0.25, 0.3) is 0 Å². The van der Waals surface area contributed by atoms with E-state index >= 15 is 0 Å². The van der Waals surface area contributed by atoms with Crippen LogP contribution >= 0.6 is 0 Å². The van der Waals surface area contributed by atoms with Crippen LogP contribution in [0.2, 0.25) is 0 Å². The third-order valence-electron chi connectivity index (χ3n) is 3.99. The van der Waals surface area contributed by atoms with Crippen LogP contribution in [-0.2, 0) is 15.4 Å². The van der Waals surface area contributed by atoms with E-state index < -0.39 is 10.0 Å². The van der Waals surface area contributed by atoms with Crippen LogP contribution in [0.3, 0.4) is 0 Å². The van der Waals surface area contributed by atoms with Crippen LogP contribution in [0.4, 0.5) is 5.69 Å². The van der Waals surface area contributed by atoms with Crippen LogP contribution in [0.1, 0.15) is 39.7 Å². The number of para-hydroxylation sites is 1. The molecule has 0 aliphatic carbocycles. The molecule has 3 nitrogen and oxygen atoms in total. The first-order chi connectivity index (χ1) is 8.32. The maximum absolute atomic E-state index is 12.4. The number of rotatable bonds is 3. The van der Waals surface area contributed by atoms with Crippen molar-refractivity contribution in [2.24, 2.45) is 0 Å². The number of hydrogen-bond acceptors (Lipinski definition) is 2. The van der Waals surface area contributed by atoms with Crippen molar-refractivity contribution >= 4 is 15.7 Å². The Hall–Kier alpha value is -1.03. The van der Waals surface area contributed by atoms with Gasteiger partial charge in [0.2, 0.25) is 10.0 Å². The molecule has 1 aliphatic heterocycles. The molecule has 1 unspecified atom stereocenters. The highest BCUT2D eigenvalue weighted by atomic mass is 32.2. The predicted octanol–water partition coefficient (Wildman–Crippen LogP) is 2.91. The maximum atomic E-state index is 12.4. The molecule has 1 aliphatic rings. The number of nitrogens with zero attached hydrogens (tertiary/aromatic N) is 1. The molecule has 2 rings (SSSR count). The second kappa shape index (κ2) is 4.26. The van der Waals surface area contributed by atoms with Crippen LogP contribution < -0.4 is 4.31 Å². The van der Waals surface area contributed by atoms with Crippen molar-refractivity contribution < 1.29 is 8.42 Å². The molecule has 4 heteroatoms. The second-order valence-corrected chi connectivity index (χ2v) is 7.49. The van der Waals surface area contributed by atoms with Gasteiger partial charge in [-0.3, -0.25) is 4.31 Å². The SMILES string of the molecule is CCCS(=O)(=O)N1c2ccccc2C(C)(C)C1C. The molecule has 0 saturated heterocycles. The van der Waals surface area contributed by atoms with Crippen molar-refractivity contribution in [2.75, 3.05) is 10.1 Å². The molecule has 0 saturated carbocycles. The van der Waals surface area contributed by atoms with E-state index in [4.69, 9.17) is 0 Å². The Balaban J connectivity index is 2.58. The molecule has 1 atom stereocenters. The Labute approximate surface area is 110 Å². The molecule has 1 aromatic carbocycles. The third-order valence-corrected chi connectivity index (χ3v) is 6.03. The summed E-state index contributed by atoms with van der Waals surface area (Å²) >= 11 is 0. The van der Waals surface area contributed by atoms with Gasteiger partial charge >= 0.3 is 0 Å². The van der Waals surface area contributed by atoms with Gasteiger partial charge in [0.05, 0.1) is 17.5 Å². The fourth-order valence-electron chi connectivity index (χ4n) is 2.68. The maximum Gasteiger partial charge on any atom is 0.235 e. The molecule has 0 N–H and O–H groups in total. The lowest BCUT2D eigenvalue weighted by Gasteiger charge is -2.30. The highest BCUT2D eigenvalue weighted by molar-refractivity contribution is 7.92. The summed E-state index contributed by atoms with van der Waals surface area (Å²) in [5, 5.41) is 0. The molecule has 0 radical (unpaired) electrons. The van der Waals surface area contributed by atoms with Gasteiger partial charge in [0.1, 0.15) is 0 Å². The van der Waals surface area contributed by atoms with Crippen molar-refractivity contribution in [3.8, 4) is 0 Å². The number of sulfonamides is 1. The number of anilines is 1. The number of fused-ring (bicyclic) bond motifs is 1. The summed E-state index contributed by atoms with van der Waals surface area (Å²) in [7, 11) is -3.21. The molecule has 100 valence electrons. The first kappa shape index (κ1) is 13.4.